The minimum Gasteiger partial charge on any atom is -0.341 e. The van der Waals surface area contributed by atoms with Gasteiger partial charge in [0, 0.05) is 35.9 Å². The highest BCUT2D eigenvalue weighted by molar-refractivity contribution is 6.07. The number of hydrogen-bond acceptors (Lipinski definition) is 3. The van der Waals surface area contributed by atoms with Crippen molar-refractivity contribution < 1.29 is 4.79 Å². The molecule has 6 nitrogen and oxygen atoms in total. The van der Waals surface area contributed by atoms with Crippen molar-refractivity contribution in [1.29, 1.82) is 0 Å². The van der Waals surface area contributed by atoms with E-state index in [9.17, 15) is 9.59 Å². The summed E-state index contributed by atoms with van der Waals surface area (Å²) in [4.78, 5) is 28.5. The molecule has 0 unspecified atom stereocenters. The third-order valence-electron chi connectivity index (χ3n) is 6.46. The molecule has 1 fully saturated rings. The number of hydrogen-bond donors (Lipinski definition) is 0. The van der Waals surface area contributed by atoms with Crippen LogP contribution in [0.15, 0.2) is 65.6 Å². The highest BCUT2D eigenvalue weighted by Gasteiger charge is 2.26. The number of carbonyl (C=O) groups is 1. The Bertz CT molecular complexity index is 1330. The predicted octanol–water partition coefficient (Wildman–Crippen LogP) is 3.90. The predicted molar refractivity (Wildman–Crippen MR) is 127 cm³/mol. The Morgan fingerprint density at radius 2 is 1.66 bits per heavy atom. The lowest BCUT2D eigenvalue weighted by Crippen LogP contribution is -2.45. The fourth-order valence-corrected chi connectivity index (χ4v) is 5.13. The number of aromatic nitrogens is 3. The van der Waals surface area contributed by atoms with E-state index in [-0.39, 0.29) is 18.0 Å². The maximum absolute atomic E-state index is 13.6. The van der Waals surface area contributed by atoms with E-state index in [2.05, 4.69) is 35.6 Å². The van der Waals surface area contributed by atoms with Gasteiger partial charge in [-0.05, 0) is 29.9 Å². The van der Waals surface area contributed by atoms with Crippen molar-refractivity contribution in [2.75, 3.05) is 13.1 Å². The standard InChI is InChI=1S/C26H28N4O2/c1-18-12-19(2)15-28(14-18)24(31)17-30-26(32)25-22(13-27-30)21-10-6-7-11-23(21)29(25)16-20-8-4-3-5-9-20/h3-11,13,18-19H,12,14-17H2,1-2H3/t18-,19-/m1/s1. The fourth-order valence-electron chi connectivity index (χ4n) is 5.13. The first kappa shape index (κ1) is 20.5. The van der Waals surface area contributed by atoms with Crippen LogP contribution in [0.5, 0.6) is 0 Å². The number of likely N-dealkylation sites (tertiary alicyclic amines) is 1. The number of amides is 1. The summed E-state index contributed by atoms with van der Waals surface area (Å²) in [7, 11) is 0. The van der Waals surface area contributed by atoms with Gasteiger partial charge in [-0.15, -0.1) is 0 Å². The lowest BCUT2D eigenvalue weighted by atomic mass is 9.92. The van der Waals surface area contributed by atoms with E-state index in [0.717, 1.165) is 41.4 Å². The van der Waals surface area contributed by atoms with Gasteiger partial charge in [0.25, 0.3) is 5.56 Å². The van der Waals surface area contributed by atoms with Crippen LogP contribution in [0.1, 0.15) is 25.8 Å². The Kier molecular flexibility index (Phi) is 5.29. The second-order valence-electron chi connectivity index (χ2n) is 9.20. The van der Waals surface area contributed by atoms with Crippen LogP contribution in [0.3, 0.4) is 0 Å². The molecule has 1 aliphatic rings. The molecule has 32 heavy (non-hydrogen) atoms. The van der Waals surface area contributed by atoms with Crippen molar-refractivity contribution in [3.8, 4) is 0 Å². The third-order valence-corrected chi connectivity index (χ3v) is 6.46. The number of nitrogens with zero attached hydrogens (tertiary/aromatic N) is 4. The van der Waals surface area contributed by atoms with Crippen molar-refractivity contribution in [1.82, 2.24) is 19.2 Å². The summed E-state index contributed by atoms with van der Waals surface area (Å²) in [6, 6.07) is 18.1. The molecule has 0 radical (unpaired) electrons. The van der Waals surface area contributed by atoms with E-state index >= 15 is 0 Å². The molecule has 0 spiro atoms. The lowest BCUT2D eigenvalue weighted by molar-refractivity contribution is -0.134. The molecule has 2 atom stereocenters. The van der Waals surface area contributed by atoms with E-state index in [1.165, 1.54) is 4.68 Å². The van der Waals surface area contributed by atoms with Crippen LogP contribution in [0.4, 0.5) is 0 Å². The van der Waals surface area contributed by atoms with E-state index in [4.69, 9.17) is 0 Å². The summed E-state index contributed by atoms with van der Waals surface area (Å²) in [6.07, 6.45) is 2.86. The number of rotatable bonds is 4. The topological polar surface area (TPSA) is 60.1 Å². The Hall–Kier alpha value is -3.41. The second-order valence-corrected chi connectivity index (χ2v) is 9.20. The molecule has 5 rings (SSSR count). The SMILES string of the molecule is C[C@@H]1C[C@@H](C)CN(C(=O)Cn2ncc3c4ccccc4n(Cc4ccccc4)c3c2=O)C1. The average molecular weight is 429 g/mol. The normalized spacial score (nSPS) is 19.0. The van der Waals surface area contributed by atoms with Crippen LogP contribution in [0, 0.1) is 11.8 Å². The molecule has 6 heteroatoms. The monoisotopic (exact) mass is 428 g/mol. The van der Waals surface area contributed by atoms with E-state index in [1.807, 2.05) is 47.4 Å². The minimum absolute atomic E-state index is 0.0267. The van der Waals surface area contributed by atoms with Gasteiger partial charge >= 0.3 is 0 Å². The van der Waals surface area contributed by atoms with Gasteiger partial charge in [-0.3, -0.25) is 9.59 Å². The van der Waals surface area contributed by atoms with Crippen LogP contribution < -0.4 is 5.56 Å². The molecule has 0 N–H and O–H groups in total. The van der Waals surface area contributed by atoms with Gasteiger partial charge in [-0.1, -0.05) is 62.4 Å². The molecule has 1 saturated heterocycles. The summed E-state index contributed by atoms with van der Waals surface area (Å²) < 4.78 is 3.38. The summed E-state index contributed by atoms with van der Waals surface area (Å²) >= 11 is 0. The van der Waals surface area contributed by atoms with Crippen molar-refractivity contribution in [3.05, 3.63) is 76.7 Å². The number of carbonyl (C=O) groups excluding carboxylic acids is 1. The molecule has 0 saturated carbocycles. The Balaban J connectivity index is 1.57. The summed E-state index contributed by atoms with van der Waals surface area (Å²) in [6.45, 7) is 6.39. The van der Waals surface area contributed by atoms with Crippen LogP contribution in [-0.4, -0.2) is 38.2 Å². The van der Waals surface area contributed by atoms with Gasteiger partial charge in [-0.25, -0.2) is 4.68 Å². The van der Waals surface area contributed by atoms with E-state index < -0.39 is 0 Å². The first-order valence-electron chi connectivity index (χ1n) is 11.3. The van der Waals surface area contributed by atoms with Gasteiger partial charge in [0.2, 0.25) is 5.91 Å². The van der Waals surface area contributed by atoms with Crippen molar-refractivity contribution in [2.24, 2.45) is 11.8 Å². The van der Waals surface area contributed by atoms with Crippen LogP contribution in [0.2, 0.25) is 0 Å². The molecule has 1 aliphatic heterocycles. The van der Waals surface area contributed by atoms with Gasteiger partial charge in [-0.2, -0.15) is 5.10 Å². The summed E-state index contributed by atoms with van der Waals surface area (Å²) in [5.41, 5.74) is 2.48. The molecule has 1 amide bonds. The zero-order valence-electron chi connectivity index (χ0n) is 18.6. The van der Waals surface area contributed by atoms with E-state index in [1.54, 1.807) is 6.20 Å². The largest absolute Gasteiger partial charge is 0.341 e. The molecule has 2 aromatic heterocycles. The molecule has 3 heterocycles. The first-order chi connectivity index (χ1) is 15.5. The number of benzene rings is 2. The van der Waals surface area contributed by atoms with Crippen LogP contribution in [0.25, 0.3) is 21.8 Å². The molecule has 4 aromatic rings. The number of piperidine rings is 1. The zero-order chi connectivity index (χ0) is 22.2. The van der Waals surface area contributed by atoms with Crippen LogP contribution >= 0.6 is 0 Å². The Labute approximate surface area is 187 Å². The molecule has 164 valence electrons. The van der Waals surface area contributed by atoms with Crippen molar-refractivity contribution in [2.45, 2.75) is 33.4 Å². The maximum atomic E-state index is 13.6. The zero-order valence-corrected chi connectivity index (χ0v) is 18.6. The number of fused-ring (bicyclic) bond motifs is 3. The average Bonchev–Trinajstić information content (AvgIpc) is 3.10. The summed E-state index contributed by atoms with van der Waals surface area (Å²) in [5.74, 6) is 0.912. The fraction of sp³-hybridized carbons (Fsp3) is 0.346. The van der Waals surface area contributed by atoms with E-state index in [0.29, 0.717) is 23.9 Å². The maximum Gasteiger partial charge on any atom is 0.291 e. The van der Waals surface area contributed by atoms with Gasteiger partial charge in [0.1, 0.15) is 12.1 Å². The molecular weight excluding hydrogens is 400 g/mol. The molecule has 0 aliphatic carbocycles. The highest BCUT2D eigenvalue weighted by Crippen LogP contribution is 2.27. The van der Waals surface area contributed by atoms with Crippen LogP contribution in [-0.2, 0) is 17.9 Å². The van der Waals surface area contributed by atoms with Crippen molar-refractivity contribution >= 4 is 27.7 Å². The summed E-state index contributed by atoms with van der Waals surface area (Å²) in [5, 5.41) is 6.22. The van der Waals surface area contributed by atoms with Gasteiger partial charge in [0.05, 0.1) is 6.20 Å². The number of para-hydroxylation sites is 1. The molecular formula is C26H28N4O2. The minimum atomic E-state index is -0.221. The highest BCUT2D eigenvalue weighted by atomic mass is 16.2. The lowest BCUT2D eigenvalue weighted by Gasteiger charge is -2.35. The second kappa shape index (κ2) is 8.26. The third kappa shape index (κ3) is 3.70. The molecule has 0 bridgehead atoms. The smallest absolute Gasteiger partial charge is 0.291 e. The van der Waals surface area contributed by atoms with Crippen molar-refractivity contribution in [3.63, 3.8) is 0 Å². The first-order valence-corrected chi connectivity index (χ1v) is 11.3. The quantitative estimate of drug-likeness (QED) is 0.495. The van der Waals surface area contributed by atoms with Gasteiger partial charge < -0.3 is 9.47 Å². The Morgan fingerprint density at radius 1 is 0.969 bits per heavy atom. The molecule has 2 aromatic carbocycles. The van der Waals surface area contributed by atoms with Gasteiger partial charge in [0.15, 0.2) is 0 Å². The Morgan fingerprint density at radius 3 is 2.41 bits per heavy atom.